The SMILES string of the molecule is CNCOc1cc(CCC(=O)CC(O)CC(CCc2ccccc2)c2cc(O)c(O)c(OCc3cccc(O)c3)c2)ccc1O. The number of phenolic OH excluding ortho intramolecular Hbond substituents is 4. The molecule has 4 aromatic carbocycles. The number of aliphatic hydroxyl groups is 1. The van der Waals surface area contributed by atoms with Crippen molar-refractivity contribution in [3.05, 3.63) is 107 Å². The normalized spacial score (nSPS) is 12.4. The number of nitrogens with one attached hydrogen (secondary N) is 1. The molecule has 238 valence electrons. The van der Waals surface area contributed by atoms with Crippen LogP contribution < -0.4 is 14.8 Å². The summed E-state index contributed by atoms with van der Waals surface area (Å²) in [7, 11) is 1.73. The Morgan fingerprint density at radius 3 is 2.31 bits per heavy atom. The molecule has 0 aliphatic carbocycles. The minimum Gasteiger partial charge on any atom is -0.508 e. The van der Waals surface area contributed by atoms with E-state index in [2.05, 4.69) is 5.32 Å². The van der Waals surface area contributed by atoms with E-state index < -0.39 is 11.9 Å². The third-order valence-corrected chi connectivity index (χ3v) is 7.59. The minimum absolute atomic E-state index is 0.0190. The van der Waals surface area contributed by atoms with Crippen LogP contribution in [-0.2, 0) is 24.2 Å². The number of carbonyl (C=O) groups excluding carboxylic acids is 1. The summed E-state index contributed by atoms with van der Waals surface area (Å²) in [5.74, 6) is -0.580. The molecule has 45 heavy (non-hydrogen) atoms. The fraction of sp³-hybridized carbons (Fsp3) is 0.306. The Kier molecular flexibility index (Phi) is 12.1. The maximum atomic E-state index is 12.9. The number of hydrogen-bond donors (Lipinski definition) is 6. The first-order valence-corrected chi connectivity index (χ1v) is 15.0. The predicted octanol–water partition coefficient (Wildman–Crippen LogP) is 5.70. The summed E-state index contributed by atoms with van der Waals surface area (Å²) in [6, 6.07) is 24.6. The van der Waals surface area contributed by atoms with Crippen LogP contribution in [-0.4, -0.2) is 51.2 Å². The highest BCUT2D eigenvalue weighted by Gasteiger charge is 2.22. The lowest BCUT2D eigenvalue weighted by molar-refractivity contribution is -0.121. The van der Waals surface area contributed by atoms with Crippen molar-refractivity contribution in [2.75, 3.05) is 13.8 Å². The summed E-state index contributed by atoms with van der Waals surface area (Å²) in [6.07, 6.45) is 1.27. The van der Waals surface area contributed by atoms with Crippen molar-refractivity contribution in [2.45, 2.75) is 57.2 Å². The maximum Gasteiger partial charge on any atom is 0.200 e. The van der Waals surface area contributed by atoms with E-state index in [1.54, 1.807) is 49.5 Å². The second-order valence-electron chi connectivity index (χ2n) is 11.1. The molecule has 0 saturated heterocycles. The molecule has 0 aromatic heterocycles. The van der Waals surface area contributed by atoms with Gasteiger partial charge in [0.2, 0.25) is 5.75 Å². The fourth-order valence-corrected chi connectivity index (χ4v) is 5.21. The van der Waals surface area contributed by atoms with E-state index in [1.807, 2.05) is 30.3 Å². The van der Waals surface area contributed by atoms with Crippen molar-refractivity contribution < 1.29 is 39.8 Å². The summed E-state index contributed by atoms with van der Waals surface area (Å²) in [5.41, 5.74) is 3.29. The van der Waals surface area contributed by atoms with Gasteiger partial charge in [0.1, 0.15) is 24.9 Å². The molecule has 0 bridgehead atoms. The van der Waals surface area contributed by atoms with Gasteiger partial charge in [0.15, 0.2) is 23.0 Å². The molecule has 0 aliphatic rings. The molecular formula is C36H41NO8. The molecule has 0 radical (unpaired) electrons. The van der Waals surface area contributed by atoms with Gasteiger partial charge in [-0.05, 0) is 97.3 Å². The zero-order chi connectivity index (χ0) is 32.2. The molecule has 4 aromatic rings. The lowest BCUT2D eigenvalue weighted by Crippen LogP contribution is -2.18. The number of Topliss-reactive ketones (excluding diaryl/α,β-unsaturated/α-hetero) is 1. The summed E-state index contributed by atoms with van der Waals surface area (Å²) in [5, 5.41) is 54.8. The highest BCUT2D eigenvalue weighted by molar-refractivity contribution is 5.79. The van der Waals surface area contributed by atoms with Crippen molar-refractivity contribution in [3.63, 3.8) is 0 Å². The molecule has 0 aliphatic heterocycles. The number of rotatable bonds is 17. The molecule has 4 rings (SSSR count). The van der Waals surface area contributed by atoms with Crippen LogP contribution in [0.1, 0.15) is 53.9 Å². The van der Waals surface area contributed by atoms with Crippen LogP contribution in [0.2, 0.25) is 0 Å². The Morgan fingerprint density at radius 2 is 1.56 bits per heavy atom. The van der Waals surface area contributed by atoms with E-state index in [9.17, 15) is 30.3 Å². The Labute approximate surface area is 263 Å². The molecule has 9 nitrogen and oxygen atoms in total. The second-order valence-corrected chi connectivity index (χ2v) is 11.1. The van der Waals surface area contributed by atoms with Crippen molar-refractivity contribution in [2.24, 2.45) is 0 Å². The van der Waals surface area contributed by atoms with Crippen molar-refractivity contribution in [1.82, 2.24) is 5.32 Å². The maximum absolute atomic E-state index is 12.9. The van der Waals surface area contributed by atoms with E-state index in [1.165, 1.54) is 12.1 Å². The van der Waals surface area contributed by atoms with Crippen molar-refractivity contribution >= 4 is 5.78 Å². The first-order chi connectivity index (χ1) is 21.7. The molecule has 2 unspecified atom stereocenters. The van der Waals surface area contributed by atoms with Gasteiger partial charge >= 0.3 is 0 Å². The van der Waals surface area contributed by atoms with Crippen molar-refractivity contribution in [3.8, 4) is 34.5 Å². The topological polar surface area (TPSA) is 149 Å². The quantitative estimate of drug-likeness (QED) is 0.0650. The van der Waals surface area contributed by atoms with Crippen LogP contribution in [0.4, 0.5) is 0 Å². The van der Waals surface area contributed by atoms with Crippen LogP contribution in [0.25, 0.3) is 0 Å². The van der Waals surface area contributed by atoms with Crippen LogP contribution in [0.15, 0.2) is 84.9 Å². The number of ether oxygens (including phenoxy) is 2. The van der Waals surface area contributed by atoms with Crippen molar-refractivity contribution in [1.29, 1.82) is 0 Å². The molecule has 0 saturated carbocycles. The zero-order valence-corrected chi connectivity index (χ0v) is 25.4. The average molecular weight is 616 g/mol. The van der Waals surface area contributed by atoms with Gasteiger partial charge in [-0.1, -0.05) is 48.5 Å². The molecule has 9 heteroatoms. The number of ketones is 1. The number of aromatic hydroxyl groups is 4. The van der Waals surface area contributed by atoms with Gasteiger partial charge in [0.25, 0.3) is 0 Å². The monoisotopic (exact) mass is 615 g/mol. The van der Waals surface area contributed by atoms with Gasteiger partial charge in [-0.2, -0.15) is 0 Å². The Hall–Kier alpha value is -4.73. The number of phenols is 4. The number of carbonyl (C=O) groups is 1. The second kappa shape index (κ2) is 16.4. The molecule has 0 fully saturated rings. The number of hydrogen-bond acceptors (Lipinski definition) is 9. The van der Waals surface area contributed by atoms with Crippen LogP contribution in [0.3, 0.4) is 0 Å². The number of aryl methyl sites for hydroxylation is 2. The smallest absolute Gasteiger partial charge is 0.200 e. The first-order valence-electron chi connectivity index (χ1n) is 15.0. The first kappa shape index (κ1) is 33.2. The highest BCUT2D eigenvalue weighted by Crippen LogP contribution is 2.41. The average Bonchev–Trinajstić information content (AvgIpc) is 3.03. The summed E-state index contributed by atoms with van der Waals surface area (Å²) in [6.45, 7) is 0.290. The fourth-order valence-electron chi connectivity index (χ4n) is 5.21. The highest BCUT2D eigenvalue weighted by atomic mass is 16.5. The van der Waals surface area contributed by atoms with Crippen LogP contribution in [0, 0.1) is 0 Å². The predicted molar refractivity (Wildman–Crippen MR) is 171 cm³/mol. The summed E-state index contributed by atoms with van der Waals surface area (Å²) in [4.78, 5) is 12.9. The van der Waals surface area contributed by atoms with E-state index in [-0.39, 0.29) is 67.3 Å². The van der Waals surface area contributed by atoms with Gasteiger partial charge in [-0.25, -0.2) is 0 Å². The van der Waals surface area contributed by atoms with E-state index in [4.69, 9.17) is 9.47 Å². The van der Waals surface area contributed by atoms with Gasteiger partial charge in [-0.3, -0.25) is 10.1 Å². The Morgan fingerprint density at radius 1 is 0.778 bits per heavy atom. The number of aliphatic hydroxyl groups excluding tert-OH is 1. The molecule has 0 spiro atoms. The van der Waals surface area contributed by atoms with E-state index in [0.29, 0.717) is 36.1 Å². The summed E-state index contributed by atoms with van der Waals surface area (Å²) >= 11 is 0. The van der Waals surface area contributed by atoms with E-state index in [0.717, 1.165) is 11.1 Å². The van der Waals surface area contributed by atoms with Gasteiger partial charge < -0.3 is 35.0 Å². The molecular weight excluding hydrogens is 574 g/mol. The molecule has 6 N–H and O–H groups in total. The molecule has 2 atom stereocenters. The lowest BCUT2D eigenvalue weighted by atomic mass is 9.86. The lowest BCUT2D eigenvalue weighted by Gasteiger charge is -2.22. The third kappa shape index (κ3) is 10.2. The van der Waals surface area contributed by atoms with Gasteiger partial charge in [-0.15, -0.1) is 0 Å². The van der Waals surface area contributed by atoms with Crippen LogP contribution >= 0.6 is 0 Å². The summed E-state index contributed by atoms with van der Waals surface area (Å²) < 4.78 is 11.3. The largest absolute Gasteiger partial charge is 0.508 e. The Balaban J connectivity index is 1.44. The zero-order valence-electron chi connectivity index (χ0n) is 25.4. The third-order valence-electron chi connectivity index (χ3n) is 7.59. The molecule has 0 amide bonds. The minimum atomic E-state index is -0.930. The standard InChI is InChI=1S/C36H41NO8/c1-37-23-45-34-17-25(12-15-32(34)41)11-14-30(39)21-31(40)18-27(13-10-24-6-3-2-4-7-24)28-19-33(42)36(43)35(20-28)44-22-26-8-5-9-29(38)16-26/h2-9,12,15-17,19-20,27,31,37-38,40-43H,10-11,13-14,18,21-23H2,1H3. The van der Waals surface area contributed by atoms with Gasteiger partial charge in [0.05, 0.1) is 6.10 Å². The molecule has 0 heterocycles. The van der Waals surface area contributed by atoms with Gasteiger partial charge in [0, 0.05) is 12.8 Å². The van der Waals surface area contributed by atoms with Crippen LogP contribution in [0.5, 0.6) is 34.5 Å². The van der Waals surface area contributed by atoms with E-state index >= 15 is 0 Å². The Bertz CT molecular complexity index is 1540. The number of benzene rings is 4.